The summed E-state index contributed by atoms with van der Waals surface area (Å²) in [7, 11) is 0. The van der Waals surface area contributed by atoms with E-state index in [-0.39, 0.29) is 27.5 Å². The van der Waals surface area contributed by atoms with Crippen molar-refractivity contribution in [2.24, 2.45) is 0 Å². The third-order valence-electron chi connectivity index (χ3n) is 10.2. The molecule has 0 unspecified atom stereocenters. The fraction of sp³-hybridized carbons (Fsp3) is 0. The molecule has 0 fully saturated rings. The van der Waals surface area contributed by atoms with Crippen LogP contribution in [0.1, 0.15) is 30.2 Å². The van der Waals surface area contributed by atoms with Crippen molar-refractivity contribution in [3.8, 4) is 39.3 Å². The van der Waals surface area contributed by atoms with Gasteiger partial charge in [-0.15, -0.1) is 0 Å². The van der Waals surface area contributed by atoms with Gasteiger partial charge in [-0.1, -0.05) is 145 Å². The van der Waals surface area contributed by atoms with Crippen LogP contribution in [0.25, 0.3) is 105 Å². The van der Waals surface area contributed by atoms with E-state index in [0.717, 1.165) is 25.8 Å². The van der Waals surface area contributed by atoms with Crippen molar-refractivity contribution in [3.63, 3.8) is 0 Å². The molecule has 0 radical (unpaired) electrons. The number of para-hydroxylation sites is 5. The van der Waals surface area contributed by atoms with Crippen LogP contribution in [0.3, 0.4) is 0 Å². The molecule has 0 saturated heterocycles. The molecule has 3 nitrogen and oxygen atoms in total. The molecule has 0 bridgehead atoms. The average molecular weight is 748 g/mol. The normalized spacial score (nSPS) is 17.3. The van der Waals surface area contributed by atoms with Gasteiger partial charge < -0.3 is 13.7 Å². The number of fused-ring (bicyclic) bond motifs is 9. The van der Waals surface area contributed by atoms with Crippen LogP contribution in [0.5, 0.6) is 0 Å². The van der Waals surface area contributed by atoms with Gasteiger partial charge in [-0.05, 0) is 88.8 Å². The first kappa shape index (κ1) is 17.0. The molecule has 3 heteroatoms. The average Bonchev–Trinajstić information content (AvgIpc) is 3.41. The predicted octanol–water partition coefficient (Wildman–Crippen LogP) is 14.3. The van der Waals surface area contributed by atoms with Crippen molar-refractivity contribution in [3.05, 3.63) is 212 Å². The molecule has 0 aliphatic rings. The zero-order chi connectivity index (χ0) is 56.6. The molecular weight excluding hydrogens is 691 g/mol. The minimum absolute atomic E-state index is 0.200. The SMILES string of the molecule is [2H]c1c([2H])c([2H])c2c(c1[2H])c1c([2H])c(-n3c4c([2H])c([2H])c([2H])c([2H])c4c4c([2H])c([2H])c([2H])c(-n5c6c([2H])c([2H])c([2H])c([2H])c6c6c([2H])c([2H])c([2H])c([2H])c65)c43)c([2H])c([2H])c1n2-c1cccc(-c2cccc(-c3ccccc3)c2)c1. The molecule has 0 aliphatic heterocycles. The highest BCUT2D eigenvalue weighted by molar-refractivity contribution is 6.16. The Labute approximate surface area is 360 Å². The maximum Gasteiger partial charge on any atom is 0.0782 e. The molecule has 12 rings (SSSR count). The van der Waals surface area contributed by atoms with Gasteiger partial charge in [0.15, 0.2) is 0 Å². The second-order valence-electron chi connectivity index (χ2n) is 13.3. The highest BCUT2D eigenvalue weighted by Gasteiger charge is 2.21. The van der Waals surface area contributed by atoms with Crippen molar-refractivity contribution in [1.82, 2.24) is 13.7 Å². The van der Waals surface area contributed by atoms with Crippen LogP contribution in [-0.4, -0.2) is 13.7 Å². The lowest BCUT2D eigenvalue weighted by Crippen LogP contribution is -2.01. The number of hydrogen-bond acceptors (Lipinski definition) is 0. The molecule has 9 aromatic carbocycles. The third kappa shape index (κ3) is 4.79. The molecule has 3 heterocycles. The van der Waals surface area contributed by atoms with Crippen molar-refractivity contribution >= 4 is 65.4 Å². The summed E-state index contributed by atoms with van der Waals surface area (Å²) in [6.45, 7) is 0. The monoisotopic (exact) mass is 747 g/mol. The van der Waals surface area contributed by atoms with Crippen LogP contribution >= 0.6 is 0 Å². The Balaban J connectivity index is 1.30. The number of nitrogens with zero attached hydrogens (tertiary/aromatic N) is 3. The standard InChI is InChI=1S/C54H35N3/c1-2-15-36(16-3-1)37-17-12-18-38(33-37)39-19-13-20-40(34-39)55-48-26-8-7-24-45(48)47-35-41(31-32-52(47)55)56-49-27-9-6-23-44(49)46-25-14-30-53(54(46)56)57-50-28-10-4-21-42(50)43-22-5-11-29-51(43)57/h1-35H/i4D,5D,6D,7D,8D,9D,10D,11D,14D,21D,22D,23D,24D,25D,26D,27D,28D,29D,30D,31D,32D,35D. The van der Waals surface area contributed by atoms with Crippen LogP contribution in [0.15, 0.2) is 212 Å². The minimum Gasteiger partial charge on any atom is -0.309 e. The van der Waals surface area contributed by atoms with Gasteiger partial charge in [0.2, 0.25) is 0 Å². The van der Waals surface area contributed by atoms with E-state index in [2.05, 4.69) is 0 Å². The van der Waals surface area contributed by atoms with Crippen LogP contribution in [0.2, 0.25) is 0 Å². The van der Waals surface area contributed by atoms with Crippen molar-refractivity contribution < 1.29 is 30.2 Å². The van der Waals surface area contributed by atoms with Gasteiger partial charge in [0.1, 0.15) is 0 Å². The number of hydrogen-bond donors (Lipinski definition) is 0. The summed E-state index contributed by atoms with van der Waals surface area (Å²) in [6, 6.07) is 6.79. The molecule has 12 aromatic rings. The zero-order valence-corrected chi connectivity index (χ0v) is 29.3. The first-order chi connectivity index (χ1) is 37.5. The Morgan fingerprint density at radius 3 is 1.49 bits per heavy atom. The molecule has 0 amide bonds. The summed E-state index contributed by atoms with van der Waals surface area (Å²) < 4.78 is 207. The summed E-state index contributed by atoms with van der Waals surface area (Å²) in [6.07, 6.45) is 0. The number of aromatic nitrogens is 3. The van der Waals surface area contributed by atoms with Gasteiger partial charge >= 0.3 is 0 Å². The molecule has 266 valence electrons. The van der Waals surface area contributed by atoms with Gasteiger partial charge in [-0.3, -0.25) is 0 Å². The largest absolute Gasteiger partial charge is 0.309 e. The third-order valence-corrected chi connectivity index (χ3v) is 10.2. The molecule has 0 spiro atoms. The van der Waals surface area contributed by atoms with Gasteiger partial charge in [-0.2, -0.15) is 0 Å². The summed E-state index contributed by atoms with van der Waals surface area (Å²) >= 11 is 0. The summed E-state index contributed by atoms with van der Waals surface area (Å²) in [4.78, 5) is 0. The molecule has 0 N–H and O–H groups in total. The summed E-state index contributed by atoms with van der Waals surface area (Å²) in [5.74, 6) is 0. The lowest BCUT2D eigenvalue weighted by molar-refractivity contribution is 1.13. The van der Waals surface area contributed by atoms with Gasteiger partial charge in [-0.25, -0.2) is 0 Å². The van der Waals surface area contributed by atoms with E-state index in [1.165, 1.54) is 4.57 Å². The van der Waals surface area contributed by atoms with Crippen LogP contribution < -0.4 is 0 Å². The molecular formula is C54H35N3. The number of benzene rings is 9. The Morgan fingerprint density at radius 2 is 0.807 bits per heavy atom. The molecule has 3 aromatic heterocycles. The van der Waals surface area contributed by atoms with Gasteiger partial charge in [0.25, 0.3) is 0 Å². The van der Waals surface area contributed by atoms with Gasteiger partial charge in [0.05, 0.1) is 68.9 Å². The Hall–Kier alpha value is -7.62. The van der Waals surface area contributed by atoms with E-state index < -0.39 is 188 Å². The Morgan fingerprint density at radius 1 is 0.316 bits per heavy atom. The molecule has 0 atom stereocenters. The second-order valence-corrected chi connectivity index (χ2v) is 13.3. The number of rotatable bonds is 5. The highest BCUT2D eigenvalue weighted by atomic mass is 15.1. The van der Waals surface area contributed by atoms with Crippen molar-refractivity contribution in [2.75, 3.05) is 0 Å². The topological polar surface area (TPSA) is 14.8 Å². The Kier molecular flexibility index (Phi) is 3.72. The van der Waals surface area contributed by atoms with Crippen LogP contribution in [0, 0.1) is 0 Å². The van der Waals surface area contributed by atoms with E-state index in [1.54, 1.807) is 18.2 Å². The molecule has 0 aliphatic carbocycles. The van der Waals surface area contributed by atoms with E-state index in [4.69, 9.17) is 13.7 Å². The fourth-order valence-electron chi connectivity index (χ4n) is 7.79. The Bertz CT molecular complexity index is 4730. The highest BCUT2D eigenvalue weighted by Crippen LogP contribution is 2.41. The van der Waals surface area contributed by atoms with E-state index in [9.17, 15) is 16.4 Å². The van der Waals surface area contributed by atoms with Gasteiger partial charge in [0, 0.05) is 43.7 Å². The summed E-state index contributed by atoms with van der Waals surface area (Å²) in [5.41, 5.74) is -0.566. The smallest absolute Gasteiger partial charge is 0.0782 e. The first-order valence-corrected chi connectivity index (χ1v) is 17.8. The lowest BCUT2D eigenvalue weighted by Gasteiger charge is -2.15. The quantitative estimate of drug-likeness (QED) is 0.167. The zero-order valence-electron chi connectivity index (χ0n) is 51.3. The van der Waals surface area contributed by atoms with Crippen molar-refractivity contribution in [2.45, 2.75) is 0 Å². The van der Waals surface area contributed by atoms with E-state index in [1.807, 2.05) is 60.7 Å². The lowest BCUT2D eigenvalue weighted by atomic mass is 9.99. The molecule has 0 saturated carbocycles. The van der Waals surface area contributed by atoms with E-state index >= 15 is 0 Å². The fourth-order valence-corrected chi connectivity index (χ4v) is 7.79. The van der Waals surface area contributed by atoms with Crippen LogP contribution in [-0.2, 0) is 0 Å². The maximum atomic E-state index is 10.3. The first-order valence-electron chi connectivity index (χ1n) is 28.8. The second kappa shape index (κ2) is 12.5. The van der Waals surface area contributed by atoms with E-state index in [0.29, 0.717) is 5.56 Å². The minimum atomic E-state index is -0.930. The van der Waals surface area contributed by atoms with Crippen molar-refractivity contribution in [1.29, 1.82) is 0 Å². The molecule has 57 heavy (non-hydrogen) atoms. The maximum absolute atomic E-state index is 10.3. The summed E-state index contributed by atoms with van der Waals surface area (Å²) in [5, 5.41) is -2.51. The predicted molar refractivity (Wildman–Crippen MR) is 240 cm³/mol. The van der Waals surface area contributed by atoms with Crippen LogP contribution in [0.4, 0.5) is 0 Å².